The summed E-state index contributed by atoms with van der Waals surface area (Å²) in [4.78, 5) is 67.5. The molecule has 0 spiro atoms. The van der Waals surface area contributed by atoms with Crippen LogP contribution in [0.2, 0.25) is 0 Å². The third-order valence-corrected chi connectivity index (χ3v) is 12.6. The molecule has 13 heteroatoms. The molecule has 4 amide bonds. The Morgan fingerprint density at radius 1 is 0.729 bits per heavy atom. The number of aromatic nitrogens is 4. The van der Waals surface area contributed by atoms with Crippen LogP contribution in [0, 0.1) is 6.92 Å². The topological polar surface area (TPSA) is 143 Å². The van der Waals surface area contributed by atoms with Crippen molar-refractivity contribution in [2.45, 2.75) is 70.1 Å². The Labute approximate surface area is 341 Å². The van der Waals surface area contributed by atoms with E-state index >= 15 is 0 Å². The van der Waals surface area contributed by atoms with E-state index < -0.39 is 29.7 Å². The Morgan fingerprint density at radius 3 is 2.22 bits per heavy atom. The Balaban J connectivity index is 0.792. The van der Waals surface area contributed by atoms with E-state index in [0.29, 0.717) is 29.1 Å². The number of aryl methyl sites for hydroxylation is 1. The van der Waals surface area contributed by atoms with Gasteiger partial charge in [0.1, 0.15) is 29.6 Å². The number of amides is 4. The molecule has 6 aromatic rings. The predicted octanol–water partition coefficient (Wildman–Crippen LogP) is 6.45. The SMILES string of the molecule is Cc1ncnc2c1c(-c1ccc(Oc3ccccc3)cc1)nn2C1CCC(N2CCN(Cc3cc4c5c(cccc5c3)C(=O)N(C3CCC(=O)NC3=O)C4=O)CC2)CC1. The highest BCUT2D eigenvalue weighted by Gasteiger charge is 2.43. The van der Waals surface area contributed by atoms with E-state index in [2.05, 4.69) is 43.0 Å². The van der Waals surface area contributed by atoms with E-state index in [1.54, 1.807) is 12.4 Å². The Morgan fingerprint density at radius 2 is 1.46 bits per heavy atom. The maximum absolute atomic E-state index is 13.9. The van der Waals surface area contributed by atoms with Gasteiger partial charge in [-0.15, -0.1) is 0 Å². The van der Waals surface area contributed by atoms with Gasteiger partial charge < -0.3 is 4.74 Å². The van der Waals surface area contributed by atoms with Gasteiger partial charge in [-0.25, -0.2) is 14.6 Å². The smallest absolute Gasteiger partial charge is 0.262 e. The van der Waals surface area contributed by atoms with Gasteiger partial charge in [-0.1, -0.05) is 30.3 Å². The summed E-state index contributed by atoms with van der Waals surface area (Å²) in [6, 6.07) is 27.0. The number of nitrogens with one attached hydrogen (secondary N) is 1. The van der Waals surface area contributed by atoms with Crippen molar-refractivity contribution in [2.75, 3.05) is 26.2 Å². The minimum atomic E-state index is -1.01. The molecule has 2 aromatic heterocycles. The van der Waals surface area contributed by atoms with Crippen molar-refractivity contribution in [3.05, 3.63) is 114 Å². The van der Waals surface area contributed by atoms with Crippen LogP contribution in [0.15, 0.2) is 91.3 Å². The molecule has 1 aliphatic carbocycles. The van der Waals surface area contributed by atoms with Gasteiger partial charge >= 0.3 is 0 Å². The number of piperazine rings is 1. The summed E-state index contributed by atoms with van der Waals surface area (Å²) in [6.45, 7) is 6.42. The van der Waals surface area contributed by atoms with E-state index in [9.17, 15) is 19.2 Å². The molecule has 10 rings (SSSR count). The molecule has 1 N–H and O–H groups in total. The van der Waals surface area contributed by atoms with Gasteiger partial charge in [0.2, 0.25) is 11.8 Å². The molecular formula is C46H44N8O5. The minimum absolute atomic E-state index is 0.0814. The first-order chi connectivity index (χ1) is 28.8. The summed E-state index contributed by atoms with van der Waals surface area (Å²) in [6.07, 6.45) is 6.04. The molecule has 5 heterocycles. The van der Waals surface area contributed by atoms with E-state index in [1.807, 2.05) is 67.6 Å². The van der Waals surface area contributed by atoms with Crippen LogP contribution in [-0.4, -0.2) is 96.3 Å². The summed E-state index contributed by atoms with van der Waals surface area (Å²) in [7, 11) is 0. The number of carbonyl (C=O) groups excluding carboxylic acids is 4. The zero-order chi connectivity index (χ0) is 40.2. The number of fused-ring (bicyclic) bond motifs is 1. The van der Waals surface area contributed by atoms with Crippen molar-refractivity contribution in [3.8, 4) is 22.8 Å². The number of hydrogen-bond donors (Lipinski definition) is 1. The number of hydrogen-bond acceptors (Lipinski definition) is 10. The number of imide groups is 2. The standard InChI is InChI=1S/C46H44N8O5/c1-28-40-42(30-10-16-35(17-11-30)59-34-7-3-2-4-8-34)50-54(43(40)48-27-47-28)33-14-12-32(13-15-33)52-22-20-51(21-23-52)26-29-24-31-6-5-9-36-41(31)37(25-29)46(58)53(45(36)57)38-18-19-39(55)49-44(38)56/h2-11,16-17,24-25,27,32-33,38H,12-15,18-23,26H2,1H3,(H,49,55,56). The van der Waals surface area contributed by atoms with Crippen LogP contribution in [0.4, 0.5) is 0 Å². The molecule has 2 saturated heterocycles. The zero-order valence-electron chi connectivity index (χ0n) is 32.8. The summed E-state index contributed by atoms with van der Waals surface area (Å²) >= 11 is 0. The van der Waals surface area contributed by atoms with E-state index in [4.69, 9.17) is 14.8 Å². The Hall–Kier alpha value is -6.31. The molecule has 3 fully saturated rings. The van der Waals surface area contributed by atoms with Crippen LogP contribution < -0.4 is 10.1 Å². The molecule has 13 nitrogen and oxygen atoms in total. The van der Waals surface area contributed by atoms with Crippen molar-refractivity contribution in [2.24, 2.45) is 0 Å². The minimum Gasteiger partial charge on any atom is -0.457 e. The fourth-order valence-corrected chi connectivity index (χ4v) is 9.58. The monoisotopic (exact) mass is 788 g/mol. The van der Waals surface area contributed by atoms with Gasteiger partial charge in [0.25, 0.3) is 11.8 Å². The second kappa shape index (κ2) is 15.1. The zero-order valence-corrected chi connectivity index (χ0v) is 32.8. The number of benzene rings is 4. The lowest BCUT2D eigenvalue weighted by molar-refractivity contribution is -0.136. The van der Waals surface area contributed by atoms with Gasteiger partial charge in [-0.3, -0.25) is 39.2 Å². The highest BCUT2D eigenvalue weighted by Crippen LogP contribution is 2.38. The molecule has 4 aliphatic rings. The lowest BCUT2D eigenvalue weighted by atomic mass is 9.89. The first-order valence-corrected chi connectivity index (χ1v) is 20.6. The fraction of sp³-hybridized carbons (Fsp3) is 0.326. The van der Waals surface area contributed by atoms with Crippen molar-refractivity contribution in [3.63, 3.8) is 0 Å². The quantitative estimate of drug-likeness (QED) is 0.171. The first-order valence-electron chi connectivity index (χ1n) is 20.6. The number of rotatable bonds is 8. The molecule has 298 valence electrons. The molecule has 1 atom stereocenters. The highest BCUT2D eigenvalue weighted by molar-refractivity contribution is 6.27. The summed E-state index contributed by atoms with van der Waals surface area (Å²) in [5.41, 5.74) is 5.51. The van der Waals surface area contributed by atoms with Gasteiger partial charge in [0, 0.05) is 67.3 Å². The van der Waals surface area contributed by atoms with Crippen LogP contribution in [-0.2, 0) is 16.1 Å². The maximum atomic E-state index is 13.9. The largest absolute Gasteiger partial charge is 0.457 e. The fourth-order valence-electron chi connectivity index (χ4n) is 9.58. The number of piperidine rings is 1. The molecule has 59 heavy (non-hydrogen) atoms. The normalized spacial score (nSPS) is 21.6. The van der Waals surface area contributed by atoms with Crippen LogP contribution >= 0.6 is 0 Å². The van der Waals surface area contributed by atoms with Crippen LogP contribution in [0.25, 0.3) is 33.1 Å². The Bertz CT molecular complexity index is 2630. The second-order valence-corrected chi connectivity index (χ2v) is 16.2. The average Bonchev–Trinajstić information content (AvgIpc) is 3.65. The van der Waals surface area contributed by atoms with Gasteiger partial charge in [0.05, 0.1) is 17.1 Å². The van der Waals surface area contributed by atoms with E-state index in [0.717, 1.165) is 107 Å². The summed E-state index contributed by atoms with van der Waals surface area (Å²) < 4.78 is 8.18. The van der Waals surface area contributed by atoms with Crippen LogP contribution in [0.5, 0.6) is 11.5 Å². The summed E-state index contributed by atoms with van der Waals surface area (Å²) in [5, 5.41) is 9.95. The number of nitrogens with zero attached hydrogens (tertiary/aromatic N) is 7. The van der Waals surface area contributed by atoms with Gasteiger partial charge in [-0.2, -0.15) is 5.10 Å². The molecule has 4 aromatic carbocycles. The first kappa shape index (κ1) is 37.0. The molecule has 3 aliphatic heterocycles. The van der Waals surface area contributed by atoms with Gasteiger partial charge in [-0.05, 0) is 105 Å². The highest BCUT2D eigenvalue weighted by atomic mass is 16.5. The molecule has 1 saturated carbocycles. The van der Waals surface area contributed by atoms with Gasteiger partial charge in [0.15, 0.2) is 5.65 Å². The molecule has 0 radical (unpaired) electrons. The number of ether oxygens (including phenoxy) is 1. The lowest BCUT2D eigenvalue weighted by Crippen LogP contribution is -2.57. The maximum Gasteiger partial charge on any atom is 0.262 e. The predicted molar refractivity (Wildman–Crippen MR) is 221 cm³/mol. The third-order valence-electron chi connectivity index (χ3n) is 12.6. The van der Waals surface area contributed by atoms with Crippen molar-refractivity contribution in [1.82, 2.24) is 39.8 Å². The second-order valence-electron chi connectivity index (χ2n) is 16.2. The third kappa shape index (κ3) is 6.83. The van der Waals surface area contributed by atoms with Crippen LogP contribution in [0.3, 0.4) is 0 Å². The van der Waals surface area contributed by atoms with E-state index in [1.165, 1.54) is 0 Å². The average molecular weight is 789 g/mol. The van der Waals surface area contributed by atoms with Crippen molar-refractivity contribution in [1.29, 1.82) is 0 Å². The van der Waals surface area contributed by atoms with Crippen molar-refractivity contribution >= 4 is 45.4 Å². The van der Waals surface area contributed by atoms with Crippen LogP contribution in [0.1, 0.15) is 76.5 Å². The Kier molecular flexibility index (Phi) is 9.49. The molecular weight excluding hydrogens is 745 g/mol. The number of carbonyl (C=O) groups is 4. The summed E-state index contributed by atoms with van der Waals surface area (Å²) in [5.74, 6) is -0.422. The van der Waals surface area contributed by atoms with Crippen molar-refractivity contribution < 1.29 is 23.9 Å². The number of para-hydroxylation sites is 1. The molecule has 1 unspecified atom stereocenters. The molecule has 0 bridgehead atoms. The lowest BCUT2D eigenvalue weighted by Gasteiger charge is -2.42. The van der Waals surface area contributed by atoms with E-state index in [-0.39, 0.29) is 18.9 Å².